The van der Waals surface area contributed by atoms with Gasteiger partial charge in [-0.05, 0) is 0 Å². The minimum absolute atomic E-state index is 0.0320. The fourth-order valence-electron chi connectivity index (χ4n) is 0.397. The lowest BCUT2D eigenvalue weighted by atomic mass is 10.7. The molecule has 0 aliphatic heterocycles. The SMILES string of the molecule is NCc1nnc(C=O)o1. The molecule has 0 fully saturated rings. The van der Waals surface area contributed by atoms with Crippen LogP contribution in [0, 0.1) is 0 Å². The summed E-state index contributed by atoms with van der Waals surface area (Å²) in [6.45, 7) is 0.167. The Labute approximate surface area is 50.9 Å². The first-order chi connectivity index (χ1) is 4.36. The van der Waals surface area contributed by atoms with Crippen LogP contribution in [-0.4, -0.2) is 16.5 Å². The van der Waals surface area contributed by atoms with E-state index in [0.29, 0.717) is 6.29 Å². The van der Waals surface area contributed by atoms with Crippen molar-refractivity contribution in [1.82, 2.24) is 10.2 Å². The first-order valence-corrected chi connectivity index (χ1v) is 2.34. The maximum atomic E-state index is 9.90. The topological polar surface area (TPSA) is 82.0 Å². The van der Waals surface area contributed by atoms with Gasteiger partial charge >= 0.3 is 0 Å². The minimum Gasteiger partial charge on any atom is -0.417 e. The molecule has 0 aliphatic carbocycles. The molecule has 48 valence electrons. The molecule has 0 saturated heterocycles. The van der Waals surface area contributed by atoms with Crippen molar-refractivity contribution in [3.63, 3.8) is 0 Å². The quantitative estimate of drug-likeness (QED) is 0.533. The zero-order chi connectivity index (χ0) is 6.69. The second-order valence-corrected chi connectivity index (χ2v) is 1.36. The van der Waals surface area contributed by atoms with Crippen LogP contribution in [0.15, 0.2) is 4.42 Å². The first kappa shape index (κ1) is 5.90. The summed E-state index contributed by atoms with van der Waals surface area (Å²) in [6.07, 6.45) is 0.478. The highest BCUT2D eigenvalue weighted by Crippen LogP contribution is 1.93. The van der Waals surface area contributed by atoms with E-state index >= 15 is 0 Å². The van der Waals surface area contributed by atoms with Gasteiger partial charge in [0.05, 0.1) is 6.54 Å². The number of hydrogen-bond acceptors (Lipinski definition) is 5. The molecule has 1 heterocycles. The van der Waals surface area contributed by atoms with Crippen molar-refractivity contribution >= 4 is 6.29 Å². The zero-order valence-electron chi connectivity index (χ0n) is 4.57. The lowest BCUT2D eigenvalue weighted by molar-refractivity contribution is 0.109. The van der Waals surface area contributed by atoms with Crippen molar-refractivity contribution in [2.24, 2.45) is 5.73 Å². The average Bonchev–Trinajstić information content (AvgIpc) is 2.34. The van der Waals surface area contributed by atoms with E-state index in [1.54, 1.807) is 0 Å². The van der Waals surface area contributed by atoms with Crippen molar-refractivity contribution in [2.75, 3.05) is 0 Å². The predicted octanol–water partition coefficient (Wildman–Crippen LogP) is -0.659. The molecule has 1 rings (SSSR count). The Morgan fingerprint density at radius 2 is 2.44 bits per heavy atom. The fraction of sp³-hybridized carbons (Fsp3) is 0.250. The maximum absolute atomic E-state index is 9.90. The van der Waals surface area contributed by atoms with Gasteiger partial charge in [-0.25, -0.2) is 0 Å². The van der Waals surface area contributed by atoms with Crippen molar-refractivity contribution in [3.05, 3.63) is 11.8 Å². The molecule has 0 atom stereocenters. The van der Waals surface area contributed by atoms with Gasteiger partial charge in [0.15, 0.2) is 0 Å². The normalized spacial score (nSPS) is 9.44. The molecule has 5 nitrogen and oxygen atoms in total. The van der Waals surface area contributed by atoms with Gasteiger partial charge in [0.1, 0.15) is 0 Å². The molecule has 2 N–H and O–H groups in total. The molecule has 0 radical (unpaired) electrons. The molecular weight excluding hydrogens is 122 g/mol. The van der Waals surface area contributed by atoms with Gasteiger partial charge in [-0.15, -0.1) is 10.2 Å². The van der Waals surface area contributed by atoms with E-state index in [0.717, 1.165) is 0 Å². The molecule has 0 aliphatic rings. The summed E-state index contributed by atoms with van der Waals surface area (Å²) in [5.41, 5.74) is 5.11. The van der Waals surface area contributed by atoms with E-state index in [9.17, 15) is 4.79 Å². The van der Waals surface area contributed by atoms with Crippen LogP contribution in [0.25, 0.3) is 0 Å². The Kier molecular flexibility index (Phi) is 1.55. The molecule has 1 aromatic rings. The van der Waals surface area contributed by atoms with E-state index in [2.05, 4.69) is 14.6 Å². The van der Waals surface area contributed by atoms with E-state index in [-0.39, 0.29) is 18.3 Å². The standard InChI is InChI=1S/C4H5N3O2/c5-1-3-6-7-4(2-8)9-3/h2H,1,5H2. The van der Waals surface area contributed by atoms with Gasteiger partial charge in [-0.3, -0.25) is 4.79 Å². The maximum Gasteiger partial charge on any atom is 0.280 e. The number of nitrogens with two attached hydrogens (primary N) is 1. The predicted molar refractivity (Wildman–Crippen MR) is 27.6 cm³/mol. The summed E-state index contributed by atoms with van der Waals surface area (Å²) in [7, 11) is 0. The summed E-state index contributed by atoms with van der Waals surface area (Å²) in [4.78, 5) is 9.90. The Morgan fingerprint density at radius 3 is 2.78 bits per heavy atom. The van der Waals surface area contributed by atoms with Crippen LogP contribution in [-0.2, 0) is 6.54 Å². The number of aromatic nitrogens is 2. The van der Waals surface area contributed by atoms with Crippen molar-refractivity contribution in [3.8, 4) is 0 Å². The Morgan fingerprint density at radius 1 is 1.67 bits per heavy atom. The Balaban J connectivity index is 2.86. The number of aldehydes is 1. The molecule has 5 heteroatoms. The summed E-state index contributed by atoms with van der Waals surface area (Å²) in [5.74, 6) is 0.243. The molecule has 0 spiro atoms. The van der Waals surface area contributed by atoms with E-state index in [1.165, 1.54) is 0 Å². The van der Waals surface area contributed by atoms with Gasteiger partial charge in [0.25, 0.3) is 5.89 Å². The Bertz CT molecular complexity index is 207. The molecule has 1 aromatic heterocycles. The van der Waals surface area contributed by atoms with Crippen LogP contribution in [0.5, 0.6) is 0 Å². The highest BCUT2D eigenvalue weighted by molar-refractivity contribution is 5.66. The van der Waals surface area contributed by atoms with Crippen LogP contribution >= 0.6 is 0 Å². The molecule has 0 saturated carbocycles. The van der Waals surface area contributed by atoms with E-state index < -0.39 is 0 Å². The van der Waals surface area contributed by atoms with Crippen LogP contribution in [0.1, 0.15) is 16.6 Å². The first-order valence-electron chi connectivity index (χ1n) is 2.34. The van der Waals surface area contributed by atoms with Gasteiger partial charge in [-0.2, -0.15) is 0 Å². The summed E-state index contributed by atoms with van der Waals surface area (Å²) in [5, 5.41) is 6.77. The summed E-state index contributed by atoms with van der Waals surface area (Å²) >= 11 is 0. The number of carbonyl (C=O) groups is 1. The van der Waals surface area contributed by atoms with Crippen molar-refractivity contribution in [1.29, 1.82) is 0 Å². The van der Waals surface area contributed by atoms with Crippen LogP contribution in [0.4, 0.5) is 0 Å². The van der Waals surface area contributed by atoms with Crippen molar-refractivity contribution in [2.45, 2.75) is 6.54 Å². The van der Waals surface area contributed by atoms with Gasteiger partial charge in [-0.1, -0.05) is 0 Å². The van der Waals surface area contributed by atoms with Crippen LogP contribution in [0.2, 0.25) is 0 Å². The summed E-state index contributed by atoms with van der Waals surface area (Å²) in [6, 6.07) is 0. The highest BCUT2D eigenvalue weighted by atomic mass is 16.4. The highest BCUT2D eigenvalue weighted by Gasteiger charge is 1.99. The minimum atomic E-state index is -0.0320. The van der Waals surface area contributed by atoms with Gasteiger partial charge < -0.3 is 10.2 Å². The smallest absolute Gasteiger partial charge is 0.280 e. The molecule has 0 amide bonds. The molecular formula is C4H5N3O2. The second kappa shape index (κ2) is 2.36. The van der Waals surface area contributed by atoms with Crippen LogP contribution < -0.4 is 5.73 Å². The number of hydrogen-bond donors (Lipinski definition) is 1. The van der Waals surface area contributed by atoms with E-state index in [1.807, 2.05) is 0 Å². The molecule has 0 aromatic carbocycles. The monoisotopic (exact) mass is 127 g/mol. The number of carbonyl (C=O) groups excluding carboxylic acids is 1. The molecule has 9 heavy (non-hydrogen) atoms. The lowest BCUT2D eigenvalue weighted by Crippen LogP contribution is -1.95. The average molecular weight is 127 g/mol. The largest absolute Gasteiger partial charge is 0.417 e. The second-order valence-electron chi connectivity index (χ2n) is 1.36. The molecule has 0 unspecified atom stereocenters. The van der Waals surface area contributed by atoms with Gasteiger partial charge in [0, 0.05) is 0 Å². The number of rotatable bonds is 2. The van der Waals surface area contributed by atoms with Crippen LogP contribution in [0.3, 0.4) is 0 Å². The lowest BCUT2D eigenvalue weighted by Gasteiger charge is -1.77. The molecule has 0 bridgehead atoms. The van der Waals surface area contributed by atoms with Crippen molar-refractivity contribution < 1.29 is 9.21 Å². The third-order valence-electron chi connectivity index (χ3n) is 0.758. The fourth-order valence-corrected chi connectivity index (χ4v) is 0.397. The third kappa shape index (κ3) is 1.11. The van der Waals surface area contributed by atoms with E-state index in [4.69, 9.17) is 5.73 Å². The Hall–Kier alpha value is -1.23. The number of nitrogens with zero attached hydrogens (tertiary/aromatic N) is 2. The third-order valence-corrected chi connectivity index (χ3v) is 0.758. The zero-order valence-corrected chi connectivity index (χ0v) is 4.57. The van der Waals surface area contributed by atoms with Gasteiger partial charge in [0.2, 0.25) is 12.2 Å². The summed E-state index contributed by atoms with van der Waals surface area (Å²) < 4.78 is 4.67.